The number of alkyl carbamates (subject to hydrolysis) is 1. The maximum absolute atomic E-state index is 14.3. The molecule has 2 amide bonds. The van der Waals surface area contributed by atoms with Crippen LogP contribution in [0.3, 0.4) is 0 Å². The molecule has 2 fully saturated rings. The van der Waals surface area contributed by atoms with E-state index in [0.717, 1.165) is 12.8 Å². The third kappa shape index (κ3) is 6.09. The first-order valence-corrected chi connectivity index (χ1v) is 12.9. The van der Waals surface area contributed by atoms with Gasteiger partial charge in [0.05, 0.1) is 52.1 Å². The summed E-state index contributed by atoms with van der Waals surface area (Å²) >= 11 is 0. The van der Waals surface area contributed by atoms with Gasteiger partial charge in [0.25, 0.3) is 5.91 Å². The van der Waals surface area contributed by atoms with Crippen LogP contribution in [0.1, 0.15) is 55.5 Å². The molecule has 204 valence electrons. The van der Waals surface area contributed by atoms with Crippen molar-refractivity contribution in [1.82, 2.24) is 25.2 Å². The van der Waals surface area contributed by atoms with Gasteiger partial charge in [0.1, 0.15) is 18.3 Å². The number of ether oxygens (including phenoxy) is 1. The molecule has 3 heterocycles. The monoisotopic (exact) mass is 535 g/mol. The van der Waals surface area contributed by atoms with Gasteiger partial charge in [-0.15, -0.1) is 0 Å². The zero-order valence-electron chi connectivity index (χ0n) is 21.6. The molecule has 2 aliphatic rings. The number of amides is 2. The highest BCUT2D eigenvalue weighted by atomic mass is 19.1. The van der Waals surface area contributed by atoms with Crippen molar-refractivity contribution in [3.05, 3.63) is 47.8 Å². The molecule has 11 nitrogen and oxygen atoms in total. The number of nitrogens with zero attached hydrogens (tertiary/aromatic N) is 4. The average Bonchev–Trinajstić information content (AvgIpc) is 3.59. The smallest absolute Gasteiger partial charge is 0.407 e. The summed E-state index contributed by atoms with van der Waals surface area (Å²) in [6, 6.07) is 9.28. The lowest BCUT2D eigenvalue weighted by molar-refractivity contribution is -0.00177. The molecular formula is C27H30FN7O4. The molecule has 0 saturated heterocycles. The number of hydrogen-bond acceptors (Lipinski definition) is 8. The number of hydrogen-bond donors (Lipinski definition) is 4. The van der Waals surface area contributed by atoms with Crippen molar-refractivity contribution in [1.29, 1.82) is 5.26 Å². The highest BCUT2D eigenvalue weighted by Gasteiger charge is 2.34. The van der Waals surface area contributed by atoms with Gasteiger partial charge in [0.15, 0.2) is 0 Å². The Hall–Kier alpha value is -4.24. The van der Waals surface area contributed by atoms with Crippen LogP contribution < -0.4 is 16.0 Å². The fraction of sp³-hybridized carbons (Fsp3) is 0.444. The number of carbonyl (C=O) groups is 2. The van der Waals surface area contributed by atoms with Gasteiger partial charge in [-0.1, -0.05) is 0 Å². The Bertz CT molecular complexity index is 1430. The highest BCUT2D eigenvalue weighted by Crippen LogP contribution is 2.31. The molecule has 0 radical (unpaired) electrons. The molecule has 0 aromatic carbocycles. The Kier molecular flexibility index (Phi) is 7.10. The van der Waals surface area contributed by atoms with Crippen LogP contribution in [0.25, 0.3) is 16.9 Å². The number of alkyl halides is 1. The quantitative estimate of drug-likeness (QED) is 0.326. The van der Waals surface area contributed by atoms with Crippen LogP contribution in [0.15, 0.2) is 36.7 Å². The lowest BCUT2D eigenvalue weighted by Gasteiger charge is -2.36. The van der Waals surface area contributed by atoms with E-state index in [-0.39, 0.29) is 30.3 Å². The van der Waals surface area contributed by atoms with Gasteiger partial charge in [-0.2, -0.15) is 10.4 Å². The summed E-state index contributed by atoms with van der Waals surface area (Å²) in [7, 11) is 0. The maximum atomic E-state index is 14.3. The number of anilines is 1. The third-order valence-corrected chi connectivity index (χ3v) is 6.88. The largest absolute Gasteiger partial charge is 0.446 e. The summed E-state index contributed by atoms with van der Waals surface area (Å²) in [5.74, 6) is -0.545. The maximum Gasteiger partial charge on any atom is 0.407 e. The number of nitriles is 1. The van der Waals surface area contributed by atoms with Crippen LogP contribution in [-0.4, -0.2) is 68.2 Å². The molecule has 3 aromatic heterocycles. The van der Waals surface area contributed by atoms with Gasteiger partial charge in [-0.25, -0.2) is 13.7 Å². The first-order chi connectivity index (χ1) is 18.6. The molecule has 0 spiro atoms. The predicted octanol–water partition coefficient (Wildman–Crippen LogP) is 2.94. The van der Waals surface area contributed by atoms with E-state index in [1.54, 1.807) is 16.6 Å². The normalized spacial score (nSPS) is 19.5. The van der Waals surface area contributed by atoms with Crippen LogP contribution in [0, 0.1) is 11.3 Å². The zero-order valence-corrected chi connectivity index (χ0v) is 21.6. The molecule has 4 N–H and O–H groups in total. The van der Waals surface area contributed by atoms with Crippen LogP contribution in [0.2, 0.25) is 0 Å². The Morgan fingerprint density at radius 3 is 2.72 bits per heavy atom. The number of pyridine rings is 1. The number of carbonyl (C=O) groups excluding carboxylic acids is 2. The van der Waals surface area contributed by atoms with Gasteiger partial charge in [-0.3, -0.25) is 9.78 Å². The average molecular weight is 536 g/mol. The van der Waals surface area contributed by atoms with E-state index in [2.05, 4.69) is 32.1 Å². The zero-order chi connectivity index (χ0) is 27.7. The number of halogens is 1. The van der Waals surface area contributed by atoms with Crippen molar-refractivity contribution in [3.63, 3.8) is 0 Å². The minimum atomic E-state index is -1.66. The summed E-state index contributed by atoms with van der Waals surface area (Å²) < 4.78 is 21.4. The number of aromatic nitrogens is 3. The number of fused-ring (bicyclic) bond motifs is 1. The molecule has 39 heavy (non-hydrogen) atoms. The van der Waals surface area contributed by atoms with E-state index in [1.807, 2.05) is 12.1 Å². The summed E-state index contributed by atoms with van der Waals surface area (Å²) in [6.07, 6.45) is 3.65. The molecule has 1 atom stereocenters. The van der Waals surface area contributed by atoms with Crippen LogP contribution in [0.5, 0.6) is 0 Å². The van der Waals surface area contributed by atoms with Crippen molar-refractivity contribution >= 4 is 23.2 Å². The first-order valence-electron chi connectivity index (χ1n) is 12.9. The Balaban J connectivity index is 1.35. The van der Waals surface area contributed by atoms with E-state index in [4.69, 9.17) is 10.00 Å². The molecule has 0 bridgehead atoms. The van der Waals surface area contributed by atoms with Crippen LogP contribution >= 0.6 is 0 Å². The Morgan fingerprint density at radius 1 is 1.26 bits per heavy atom. The molecule has 5 rings (SSSR count). The standard InChI is InChI=1S/C27H30FN7O4/c1-27(2,38)24(28)14-31-25(36)20-13-30-22(23-6-5-18-7-15(11-29)12-32-35(18)23)10-21(20)33-17-8-19(9-17)39-26(37)34-16-3-4-16/h5-7,10,12-13,16-17,19,24,38H,3-4,8-9,14H2,1-2H3,(H,30,33)(H,31,36)(H,34,37). The minimum absolute atomic E-state index is 0.0591. The van der Waals surface area contributed by atoms with Gasteiger partial charge < -0.3 is 25.8 Å². The van der Waals surface area contributed by atoms with Crippen LogP contribution in [-0.2, 0) is 4.74 Å². The van der Waals surface area contributed by atoms with Gasteiger partial charge in [0, 0.05) is 31.1 Å². The molecule has 2 saturated carbocycles. The second-order valence-corrected chi connectivity index (χ2v) is 10.6. The van der Waals surface area contributed by atoms with Crippen molar-refractivity contribution < 1.29 is 23.8 Å². The number of nitrogens with one attached hydrogen (secondary N) is 3. The number of rotatable bonds is 9. The van der Waals surface area contributed by atoms with Crippen molar-refractivity contribution in [3.8, 4) is 17.5 Å². The van der Waals surface area contributed by atoms with Crippen molar-refractivity contribution in [2.45, 2.75) is 69.5 Å². The third-order valence-electron chi connectivity index (χ3n) is 6.88. The lowest BCUT2D eigenvalue weighted by atomic mass is 9.89. The number of aliphatic hydroxyl groups is 1. The predicted molar refractivity (Wildman–Crippen MR) is 140 cm³/mol. The fourth-order valence-electron chi connectivity index (χ4n) is 4.26. The topological polar surface area (TPSA) is 154 Å². The van der Waals surface area contributed by atoms with Gasteiger partial charge in [0.2, 0.25) is 0 Å². The summed E-state index contributed by atoms with van der Waals surface area (Å²) in [4.78, 5) is 29.4. The van der Waals surface area contributed by atoms with E-state index in [1.165, 1.54) is 26.2 Å². The van der Waals surface area contributed by atoms with E-state index in [0.29, 0.717) is 41.0 Å². The molecular weight excluding hydrogens is 505 g/mol. The summed E-state index contributed by atoms with van der Waals surface area (Å²) in [5, 5.41) is 32.0. The van der Waals surface area contributed by atoms with Gasteiger partial charge in [-0.05, 0) is 51.0 Å². The molecule has 0 aliphatic heterocycles. The van der Waals surface area contributed by atoms with E-state index in [9.17, 15) is 19.1 Å². The second-order valence-electron chi connectivity index (χ2n) is 10.6. The Morgan fingerprint density at radius 2 is 2.03 bits per heavy atom. The Labute approximate surface area is 224 Å². The van der Waals surface area contributed by atoms with Crippen molar-refractivity contribution in [2.24, 2.45) is 0 Å². The first kappa shape index (κ1) is 26.4. The molecule has 1 unspecified atom stereocenters. The summed E-state index contributed by atoms with van der Waals surface area (Å²) in [5.41, 5.74) is 1.41. The molecule has 2 aliphatic carbocycles. The summed E-state index contributed by atoms with van der Waals surface area (Å²) in [6.45, 7) is 2.30. The fourth-order valence-corrected chi connectivity index (χ4v) is 4.26. The molecule has 3 aromatic rings. The van der Waals surface area contributed by atoms with E-state index >= 15 is 0 Å². The lowest BCUT2D eigenvalue weighted by Crippen LogP contribution is -2.44. The highest BCUT2D eigenvalue weighted by molar-refractivity contribution is 6.00. The van der Waals surface area contributed by atoms with Gasteiger partial charge >= 0.3 is 6.09 Å². The van der Waals surface area contributed by atoms with Crippen molar-refractivity contribution in [2.75, 3.05) is 11.9 Å². The minimum Gasteiger partial charge on any atom is -0.446 e. The second kappa shape index (κ2) is 10.5. The van der Waals surface area contributed by atoms with E-state index < -0.39 is 23.8 Å². The SMILES string of the molecule is CC(C)(O)C(F)CNC(=O)c1cnc(-c2ccc3cc(C#N)cnn23)cc1NC1CC(OC(=O)NC2CC2)C1. The van der Waals surface area contributed by atoms with Crippen LogP contribution in [0.4, 0.5) is 14.9 Å². The molecule has 12 heteroatoms.